The van der Waals surface area contributed by atoms with Gasteiger partial charge in [0.2, 0.25) is 5.91 Å². The molecule has 1 aliphatic rings. The van der Waals surface area contributed by atoms with E-state index in [4.69, 9.17) is 25.8 Å². The van der Waals surface area contributed by atoms with Crippen LogP contribution in [0.25, 0.3) is 6.08 Å². The van der Waals surface area contributed by atoms with Crippen LogP contribution in [-0.2, 0) is 19.1 Å². The molecule has 0 aromatic heterocycles. The van der Waals surface area contributed by atoms with Crippen LogP contribution in [0.1, 0.15) is 35.7 Å². The number of halogens is 1. The van der Waals surface area contributed by atoms with Crippen LogP contribution < -0.4 is 20.1 Å². The highest BCUT2D eigenvalue weighted by atomic mass is 35.5. The van der Waals surface area contributed by atoms with Crippen molar-refractivity contribution in [2.75, 3.05) is 37.5 Å². The number of anilines is 2. The zero-order chi connectivity index (χ0) is 32.3. The molecule has 1 fully saturated rings. The Morgan fingerprint density at radius 3 is 2.47 bits per heavy atom. The minimum atomic E-state index is -0.637. The molecule has 0 aliphatic carbocycles. The average molecular weight is 652 g/mol. The number of carbonyl (C=O) groups is 5. The van der Waals surface area contributed by atoms with Crippen molar-refractivity contribution < 1.29 is 38.2 Å². The van der Waals surface area contributed by atoms with Gasteiger partial charge < -0.3 is 24.8 Å². The number of esters is 1. The number of para-hydroxylation sites is 2. The summed E-state index contributed by atoms with van der Waals surface area (Å²) in [4.78, 5) is 63.8. The number of ether oxygens (including phenoxy) is 3. The third kappa shape index (κ3) is 9.10. The monoisotopic (exact) mass is 651 g/mol. The molecule has 234 valence electrons. The van der Waals surface area contributed by atoms with Gasteiger partial charge in [0, 0.05) is 5.69 Å². The quantitative estimate of drug-likeness (QED) is 0.129. The average Bonchev–Trinajstić information content (AvgIpc) is 3.29. The van der Waals surface area contributed by atoms with E-state index in [1.54, 1.807) is 48.5 Å². The Kier molecular flexibility index (Phi) is 11.6. The molecule has 3 aromatic rings. The van der Waals surface area contributed by atoms with E-state index in [1.165, 1.54) is 31.4 Å². The Hall–Kier alpha value is -4.81. The Morgan fingerprint density at radius 1 is 0.978 bits per heavy atom. The van der Waals surface area contributed by atoms with Crippen LogP contribution in [0.4, 0.5) is 16.2 Å². The summed E-state index contributed by atoms with van der Waals surface area (Å²) in [5.41, 5.74) is 1.48. The molecule has 1 aliphatic heterocycles. The standard InChI is InChI=1S/C32H30ClN3O8S/c1-3-4-15-43-31(40)23-17-21(11-14-24(23)33)34-28(37)18-36-30(39)27(45-32(36)41)16-20-9-12-22(13-10-20)44-19-29(38)35-25-7-5-6-8-26(25)42-2/h5-14,16-17H,3-4,15,18-19H2,1-2H3,(H,34,37)(H,35,38)/b27-16-. The molecule has 2 N–H and O–H groups in total. The van der Waals surface area contributed by atoms with Gasteiger partial charge >= 0.3 is 5.97 Å². The molecule has 3 aromatic carbocycles. The fourth-order valence-electron chi connectivity index (χ4n) is 4.02. The SMILES string of the molecule is CCCCOC(=O)c1cc(NC(=O)CN2C(=O)S/C(=C\c3ccc(OCC(=O)Nc4ccccc4OC)cc3)C2=O)ccc1Cl. The van der Waals surface area contributed by atoms with Gasteiger partial charge in [-0.2, -0.15) is 0 Å². The van der Waals surface area contributed by atoms with Crippen molar-refractivity contribution >= 4 is 69.7 Å². The number of benzene rings is 3. The lowest BCUT2D eigenvalue weighted by atomic mass is 10.2. The van der Waals surface area contributed by atoms with Gasteiger partial charge in [0.05, 0.1) is 34.9 Å². The predicted molar refractivity (Wildman–Crippen MR) is 172 cm³/mol. The fourth-order valence-corrected chi connectivity index (χ4v) is 5.05. The number of nitrogens with zero attached hydrogens (tertiary/aromatic N) is 1. The second kappa shape index (κ2) is 15.8. The molecule has 0 saturated carbocycles. The van der Waals surface area contributed by atoms with E-state index in [9.17, 15) is 24.0 Å². The minimum absolute atomic E-state index is 0.0900. The molecule has 0 atom stereocenters. The second-order valence-electron chi connectivity index (χ2n) is 9.61. The van der Waals surface area contributed by atoms with Crippen molar-refractivity contribution in [2.45, 2.75) is 19.8 Å². The molecule has 4 rings (SSSR count). The van der Waals surface area contributed by atoms with Crippen LogP contribution in [-0.4, -0.2) is 60.7 Å². The van der Waals surface area contributed by atoms with Gasteiger partial charge in [-0.3, -0.25) is 24.1 Å². The van der Waals surface area contributed by atoms with Gasteiger partial charge in [-0.15, -0.1) is 0 Å². The maximum Gasteiger partial charge on any atom is 0.339 e. The summed E-state index contributed by atoms with van der Waals surface area (Å²) in [5, 5.41) is 4.87. The van der Waals surface area contributed by atoms with Crippen molar-refractivity contribution in [2.24, 2.45) is 0 Å². The molecule has 1 saturated heterocycles. The number of carbonyl (C=O) groups excluding carboxylic acids is 5. The van der Waals surface area contributed by atoms with Crippen LogP contribution in [0.5, 0.6) is 11.5 Å². The third-order valence-corrected chi connectivity index (χ3v) is 7.54. The number of amides is 4. The lowest BCUT2D eigenvalue weighted by molar-refractivity contribution is -0.127. The number of thioether (sulfide) groups is 1. The van der Waals surface area contributed by atoms with Crippen LogP contribution >= 0.6 is 23.4 Å². The highest BCUT2D eigenvalue weighted by Gasteiger charge is 2.36. The topological polar surface area (TPSA) is 140 Å². The maximum absolute atomic E-state index is 12.9. The number of imide groups is 1. The normalized spacial score (nSPS) is 13.5. The maximum atomic E-state index is 12.9. The van der Waals surface area contributed by atoms with Crippen LogP contribution in [0, 0.1) is 0 Å². The number of methoxy groups -OCH3 is 1. The molecule has 0 bridgehead atoms. The number of rotatable bonds is 13. The van der Waals surface area contributed by atoms with Crippen molar-refractivity contribution in [3.05, 3.63) is 87.8 Å². The highest BCUT2D eigenvalue weighted by Crippen LogP contribution is 2.32. The lowest BCUT2D eigenvalue weighted by Crippen LogP contribution is -2.36. The van der Waals surface area contributed by atoms with Crippen molar-refractivity contribution in [3.8, 4) is 11.5 Å². The predicted octanol–water partition coefficient (Wildman–Crippen LogP) is 6.00. The van der Waals surface area contributed by atoms with E-state index >= 15 is 0 Å². The molecule has 0 unspecified atom stereocenters. The van der Waals surface area contributed by atoms with E-state index < -0.39 is 29.6 Å². The van der Waals surface area contributed by atoms with E-state index in [1.807, 2.05) is 6.92 Å². The lowest BCUT2D eigenvalue weighted by Gasteiger charge is -2.13. The van der Waals surface area contributed by atoms with Crippen molar-refractivity contribution in [1.82, 2.24) is 4.90 Å². The summed E-state index contributed by atoms with van der Waals surface area (Å²) in [6, 6.07) is 17.9. The van der Waals surface area contributed by atoms with E-state index in [-0.39, 0.29) is 40.3 Å². The summed E-state index contributed by atoms with van der Waals surface area (Å²) in [5.74, 6) is -1.30. The number of hydrogen-bond acceptors (Lipinski definition) is 9. The van der Waals surface area contributed by atoms with Gasteiger partial charge in [0.25, 0.3) is 17.1 Å². The molecule has 0 spiro atoms. The third-order valence-electron chi connectivity index (χ3n) is 6.31. The highest BCUT2D eigenvalue weighted by molar-refractivity contribution is 8.18. The van der Waals surface area contributed by atoms with E-state index in [0.29, 0.717) is 40.9 Å². The smallest absolute Gasteiger partial charge is 0.339 e. The van der Waals surface area contributed by atoms with Gasteiger partial charge in [-0.05, 0) is 72.3 Å². The van der Waals surface area contributed by atoms with Crippen LogP contribution in [0.2, 0.25) is 5.02 Å². The fraction of sp³-hybridized carbons (Fsp3) is 0.219. The summed E-state index contributed by atoms with van der Waals surface area (Å²) < 4.78 is 16.0. The molecule has 4 amide bonds. The first-order valence-corrected chi connectivity index (χ1v) is 15.1. The van der Waals surface area contributed by atoms with Crippen molar-refractivity contribution in [3.63, 3.8) is 0 Å². The van der Waals surface area contributed by atoms with Gasteiger partial charge in [-0.1, -0.05) is 49.2 Å². The van der Waals surface area contributed by atoms with Crippen LogP contribution in [0.3, 0.4) is 0 Å². The molecule has 11 nitrogen and oxygen atoms in total. The first-order chi connectivity index (χ1) is 21.7. The minimum Gasteiger partial charge on any atom is -0.495 e. The molecule has 45 heavy (non-hydrogen) atoms. The van der Waals surface area contributed by atoms with Gasteiger partial charge in [0.1, 0.15) is 18.0 Å². The Labute approximate surface area is 268 Å². The first kappa shape index (κ1) is 33.1. The van der Waals surface area contributed by atoms with Gasteiger partial charge in [0.15, 0.2) is 6.61 Å². The second-order valence-corrected chi connectivity index (χ2v) is 11.0. The summed E-state index contributed by atoms with van der Waals surface area (Å²) in [7, 11) is 1.51. The van der Waals surface area contributed by atoms with E-state index in [0.717, 1.165) is 11.3 Å². The van der Waals surface area contributed by atoms with E-state index in [2.05, 4.69) is 10.6 Å². The Bertz CT molecular complexity index is 1630. The number of unbranched alkanes of at least 4 members (excludes halogenated alkanes) is 1. The Balaban J connectivity index is 1.31. The zero-order valence-corrected chi connectivity index (χ0v) is 26.0. The largest absolute Gasteiger partial charge is 0.495 e. The summed E-state index contributed by atoms with van der Waals surface area (Å²) in [6.07, 6.45) is 3.09. The molecule has 1 heterocycles. The number of hydrogen-bond donors (Lipinski definition) is 2. The van der Waals surface area contributed by atoms with Crippen molar-refractivity contribution in [1.29, 1.82) is 0 Å². The summed E-state index contributed by atoms with van der Waals surface area (Å²) in [6.45, 7) is 1.45. The molecule has 13 heteroatoms. The molecular weight excluding hydrogens is 622 g/mol. The van der Waals surface area contributed by atoms with Gasteiger partial charge in [-0.25, -0.2) is 4.79 Å². The molecule has 0 radical (unpaired) electrons. The molecular formula is C32H30ClN3O8S. The van der Waals surface area contributed by atoms with Crippen LogP contribution in [0.15, 0.2) is 71.6 Å². The summed E-state index contributed by atoms with van der Waals surface area (Å²) >= 11 is 6.84. The number of nitrogens with one attached hydrogen (secondary N) is 2. The first-order valence-electron chi connectivity index (χ1n) is 13.9. The zero-order valence-electron chi connectivity index (χ0n) is 24.5. The Morgan fingerprint density at radius 2 is 1.73 bits per heavy atom.